The number of rotatable bonds is 8. The van der Waals surface area contributed by atoms with Crippen LogP contribution in [0.4, 0.5) is 0 Å². The quantitative estimate of drug-likeness (QED) is 0.135. The molecule has 0 radical (unpaired) electrons. The molecule has 4 rings (SSSR count). The van der Waals surface area contributed by atoms with Crippen LogP contribution in [-0.4, -0.2) is 31.8 Å². The molecule has 0 saturated heterocycles. The first-order chi connectivity index (χ1) is 17.4. The number of carbonyl (C=O) groups excluding carboxylic acids is 2. The smallest absolute Gasteiger partial charge is 0.343 e. The zero-order chi connectivity index (χ0) is 25.5. The van der Waals surface area contributed by atoms with Gasteiger partial charge in [-0.15, -0.1) is 0 Å². The summed E-state index contributed by atoms with van der Waals surface area (Å²) >= 11 is 11.9. The number of esters is 1. The fraction of sp³-hybridized carbons (Fsp3) is 0.0741. The van der Waals surface area contributed by atoms with E-state index in [-0.39, 0.29) is 22.9 Å². The Bertz CT molecular complexity index is 1460. The molecule has 0 spiro atoms. The minimum Gasteiger partial charge on any atom is -0.493 e. The van der Waals surface area contributed by atoms with Crippen LogP contribution in [0.5, 0.6) is 17.2 Å². The Balaban J connectivity index is 1.33. The van der Waals surface area contributed by atoms with Gasteiger partial charge in [0.1, 0.15) is 5.75 Å². The number of benzene rings is 4. The Hall–Kier alpha value is -4.07. The predicted molar refractivity (Wildman–Crippen MR) is 140 cm³/mol. The maximum Gasteiger partial charge on any atom is 0.343 e. The largest absolute Gasteiger partial charge is 0.493 e. The van der Waals surface area contributed by atoms with E-state index in [0.717, 1.165) is 10.8 Å². The lowest BCUT2D eigenvalue weighted by Crippen LogP contribution is -2.24. The van der Waals surface area contributed by atoms with E-state index < -0.39 is 11.9 Å². The van der Waals surface area contributed by atoms with Crippen molar-refractivity contribution in [3.05, 3.63) is 100 Å². The van der Waals surface area contributed by atoms with Crippen molar-refractivity contribution in [1.82, 2.24) is 5.43 Å². The minimum atomic E-state index is -0.619. The number of halogens is 2. The van der Waals surface area contributed by atoms with Gasteiger partial charge in [0.25, 0.3) is 5.91 Å². The third kappa shape index (κ3) is 6.33. The standard InChI is InChI=1S/C27H20Cl2N2O5/c1-34-25-12-17(6-11-24(25)36-27(33)20-8-10-22(28)23(29)14-20)15-30-31-26(32)16-35-21-9-7-18-4-2-3-5-19(18)13-21/h2-15H,16H2,1H3,(H,31,32). The summed E-state index contributed by atoms with van der Waals surface area (Å²) in [4.78, 5) is 24.5. The van der Waals surface area contributed by atoms with Crippen LogP contribution >= 0.6 is 23.2 Å². The average molecular weight is 523 g/mol. The summed E-state index contributed by atoms with van der Waals surface area (Å²) in [7, 11) is 1.44. The number of fused-ring (bicyclic) bond motifs is 1. The number of nitrogens with zero attached hydrogens (tertiary/aromatic N) is 1. The van der Waals surface area contributed by atoms with Crippen molar-refractivity contribution >= 4 is 52.1 Å². The van der Waals surface area contributed by atoms with E-state index >= 15 is 0 Å². The average Bonchev–Trinajstić information content (AvgIpc) is 2.89. The second kappa shape index (κ2) is 11.6. The molecule has 0 heterocycles. The molecule has 4 aromatic carbocycles. The molecule has 0 aromatic heterocycles. The summed E-state index contributed by atoms with van der Waals surface area (Å²) in [6, 6.07) is 22.7. The SMILES string of the molecule is COc1cc(C=NNC(=O)COc2ccc3ccccc3c2)ccc1OC(=O)c1ccc(Cl)c(Cl)c1. The Morgan fingerprint density at radius 2 is 1.69 bits per heavy atom. The molecule has 182 valence electrons. The Labute approximate surface area is 217 Å². The van der Waals surface area contributed by atoms with Crippen molar-refractivity contribution in [3.63, 3.8) is 0 Å². The molecule has 0 aliphatic rings. The van der Waals surface area contributed by atoms with E-state index in [9.17, 15) is 9.59 Å². The van der Waals surface area contributed by atoms with Crippen LogP contribution in [-0.2, 0) is 4.79 Å². The van der Waals surface area contributed by atoms with Crippen LogP contribution in [0.1, 0.15) is 15.9 Å². The molecule has 36 heavy (non-hydrogen) atoms. The fourth-order valence-corrected chi connectivity index (χ4v) is 3.55. The van der Waals surface area contributed by atoms with Gasteiger partial charge < -0.3 is 14.2 Å². The zero-order valence-electron chi connectivity index (χ0n) is 19.0. The van der Waals surface area contributed by atoms with Gasteiger partial charge >= 0.3 is 5.97 Å². The van der Waals surface area contributed by atoms with Crippen molar-refractivity contribution in [2.24, 2.45) is 5.10 Å². The molecular weight excluding hydrogens is 503 g/mol. The molecule has 0 unspecified atom stereocenters. The molecule has 9 heteroatoms. The van der Waals surface area contributed by atoms with Crippen LogP contribution in [0.3, 0.4) is 0 Å². The first-order valence-electron chi connectivity index (χ1n) is 10.7. The first kappa shape index (κ1) is 25.0. The second-order valence-electron chi connectivity index (χ2n) is 7.52. The molecule has 0 fully saturated rings. The lowest BCUT2D eigenvalue weighted by molar-refractivity contribution is -0.123. The van der Waals surface area contributed by atoms with Gasteiger partial charge in [0.2, 0.25) is 0 Å². The van der Waals surface area contributed by atoms with E-state index in [1.165, 1.54) is 31.5 Å². The van der Waals surface area contributed by atoms with Gasteiger partial charge in [-0.05, 0) is 64.9 Å². The van der Waals surface area contributed by atoms with Crippen molar-refractivity contribution in [2.75, 3.05) is 13.7 Å². The van der Waals surface area contributed by atoms with Crippen molar-refractivity contribution in [1.29, 1.82) is 0 Å². The summed E-state index contributed by atoms with van der Waals surface area (Å²) in [6.45, 7) is -0.192. The minimum absolute atomic E-state index is 0.192. The van der Waals surface area contributed by atoms with Crippen molar-refractivity contribution in [3.8, 4) is 17.2 Å². The number of methoxy groups -OCH3 is 1. The molecule has 0 bridgehead atoms. The maximum absolute atomic E-state index is 12.4. The monoisotopic (exact) mass is 522 g/mol. The molecule has 0 saturated carbocycles. The third-order valence-corrected chi connectivity index (χ3v) is 5.78. The Morgan fingerprint density at radius 3 is 2.47 bits per heavy atom. The van der Waals surface area contributed by atoms with E-state index in [1.54, 1.807) is 24.3 Å². The number of carbonyl (C=O) groups is 2. The van der Waals surface area contributed by atoms with E-state index in [4.69, 9.17) is 37.4 Å². The highest BCUT2D eigenvalue weighted by atomic mass is 35.5. The van der Waals surface area contributed by atoms with E-state index in [1.807, 2.05) is 36.4 Å². The second-order valence-corrected chi connectivity index (χ2v) is 8.33. The predicted octanol–water partition coefficient (Wildman–Crippen LogP) is 5.90. The zero-order valence-corrected chi connectivity index (χ0v) is 20.5. The lowest BCUT2D eigenvalue weighted by atomic mass is 10.1. The van der Waals surface area contributed by atoms with Crippen LogP contribution in [0.15, 0.2) is 84.0 Å². The summed E-state index contributed by atoms with van der Waals surface area (Å²) in [6.07, 6.45) is 1.43. The number of hydrazone groups is 1. The molecule has 0 aliphatic heterocycles. The van der Waals surface area contributed by atoms with Gasteiger partial charge in [0.05, 0.1) is 28.9 Å². The van der Waals surface area contributed by atoms with Crippen LogP contribution < -0.4 is 19.6 Å². The number of nitrogens with one attached hydrogen (secondary N) is 1. The first-order valence-corrected chi connectivity index (χ1v) is 11.5. The number of ether oxygens (including phenoxy) is 3. The van der Waals surface area contributed by atoms with Crippen LogP contribution in [0.2, 0.25) is 10.0 Å². The normalized spacial score (nSPS) is 10.9. The summed E-state index contributed by atoms with van der Waals surface area (Å²) in [5.41, 5.74) is 3.26. The molecule has 1 N–H and O–H groups in total. The van der Waals surface area contributed by atoms with Gasteiger partial charge in [-0.2, -0.15) is 5.10 Å². The van der Waals surface area contributed by atoms with Gasteiger partial charge in [-0.25, -0.2) is 10.2 Å². The van der Waals surface area contributed by atoms with Crippen molar-refractivity contribution in [2.45, 2.75) is 0 Å². The highest BCUT2D eigenvalue weighted by Crippen LogP contribution is 2.29. The van der Waals surface area contributed by atoms with Gasteiger partial charge in [0, 0.05) is 0 Å². The lowest BCUT2D eigenvalue weighted by Gasteiger charge is -2.10. The highest BCUT2D eigenvalue weighted by molar-refractivity contribution is 6.42. The third-order valence-electron chi connectivity index (χ3n) is 5.04. The topological polar surface area (TPSA) is 86.2 Å². The maximum atomic E-state index is 12.4. The molecule has 4 aromatic rings. The van der Waals surface area contributed by atoms with E-state index in [2.05, 4.69) is 10.5 Å². The highest BCUT2D eigenvalue weighted by Gasteiger charge is 2.14. The van der Waals surface area contributed by atoms with Crippen LogP contribution in [0, 0.1) is 0 Å². The van der Waals surface area contributed by atoms with Gasteiger partial charge in [-0.1, -0.05) is 53.5 Å². The van der Waals surface area contributed by atoms with Gasteiger partial charge in [-0.3, -0.25) is 4.79 Å². The Kier molecular flexibility index (Phi) is 8.05. The van der Waals surface area contributed by atoms with Crippen molar-refractivity contribution < 1.29 is 23.8 Å². The molecule has 0 aliphatic carbocycles. The number of amides is 1. The number of hydrogen-bond acceptors (Lipinski definition) is 6. The molecule has 7 nitrogen and oxygen atoms in total. The molecule has 1 amide bonds. The number of hydrogen-bond donors (Lipinski definition) is 1. The van der Waals surface area contributed by atoms with Gasteiger partial charge in [0.15, 0.2) is 18.1 Å². The molecular formula is C27H20Cl2N2O5. The Morgan fingerprint density at radius 1 is 0.889 bits per heavy atom. The summed E-state index contributed by atoms with van der Waals surface area (Å²) in [5.74, 6) is 0.0611. The molecule has 0 atom stereocenters. The fourth-order valence-electron chi connectivity index (χ4n) is 3.25. The summed E-state index contributed by atoms with van der Waals surface area (Å²) in [5, 5.41) is 6.63. The summed E-state index contributed by atoms with van der Waals surface area (Å²) < 4.78 is 16.3. The van der Waals surface area contributed by atoms with E-state index in [0.29, 0.717) is 22.1 Å². The van der Waals surface area contributed by atoms with Crippen LogP contribution in [0.25, 0.3) is 10.8 Å².